The second kappa shape index (κ2) is 6.78. The van der Waals surface area contributed by atoms with Gasteiger partial charge in [-0.25, -0.2) is 4.79 Å². The van der Waals surface area contributed by atoms with Crippen molar-refractivity contribution in [2.24, 2.45) is 5.41 Å². The number of hydrogen-bond acceptors (Lipinski definition) is 2. The number of nitrogens with one attached hydrogen (secondary N) is 3. The van der Waals surface area contributed by atoms with Crippen molar-refractivity contribution in [3.63, 3.8) is 0 Å². The maximum Gasteiger partial charge on any atom is 0.418 e. The molecular weight excluding hydrogens is 307 g/mol. The molecule has 1 atom stereocenters. The molecule has 2 amide bonds. The molecule has 3 N–H and O–H groups in total. The summed E-state index contributed by atoms with van der Waals surface area (Å²) in [6.07, 6.45) is -2.38. The lowest BCUT2D eigenvalue weighted by Gasteiger charge is -2.39. The fourth-order valence-corrected chi connectivity index (χ4v) is 2.82. The van der Waals surface area contributed by atoms with Crippen molar-refractivity contribution in [3.8, 4) is 0 Å². The molecule has 0 spiro atoms. The van der Waals surface area contributed by atoms with Gasteiger partial charge in [-0.15, -0.1) is 0 Å². The molecule has 0 aromatic heterocycles. The Morgan fingerprint density at radius 3 is 2.70 bits per heavy atom. The number of alkyl halides is 3. The van der Waals surface area contributed by atoms with Crippen LogP contribution >= 0.6 is 0 Å². The minimum absolute atomic E-state index is 0.0371. The number of urea groups is 1. The molecule has 1 heterocycles. The van der Waals surface area contributed by atoms with Gasteiger partial charge in [0, 0.05) is 12.6 Å². The summed E-state index contributed by atoms with van der Waals surface area (Å²) in [6, 6.07) is 4.40. The van der Waals surface area contributed by atoms with Crippen molar-refractivity contribution >= 4 is 11.7 Å². The van der Waals surface area contributed by atoms with Crippen LogP contribution in [0.4, 0.5) is 23.7 Å². The molecule has 0 radical (unpaired) electrons. The van der Waals surface area contributed by atoms with Crippen LogP contribution in [-0.2, 0) is 6.18 Å². The van der Waals surface area contributed by atoms with Crippen LogP contribution in [0.15, 0.2) is 24.3 Å². The number of anilines is 1. The summed E-state index contributed by atoms with van der Waals surface area (Å²) < 4.78 is 38.7. The normalized spacial score (nSPS) is 20.8. The van der Waals surface area contributed by atoms with Gasteiger partial charge in [0.05, 0.1) is 11.3 Å². The van der Waals surface area contributed by atoms with Crippen molar-refractivity contribution < 1.29 is 18.0 Å². The van der Waals surface area contributed by atoms with E-state index in [2.05, 4.69) is 29.8 Å². The molecule has 1 aliphatic heterocycles. The average Bonchev–Trinajstić information content (AvgIpc) is 2.45. The lowest BCUT2D eigenvalue weighted by atomic mass is 9.77. The van der Waals surface area contributed by atoms with E-state index in [9.17, 15) is 18.0 Å². The number of carbonyl (C=O) groups is 1. The van der Waals surface area contributed by atoms with Crippen LogP contribution in [0.5, 0.6) is 0 Å². The summed E-state index contributed by atoms with van der Waals surface area (Å²) in [5.74, 6) is 0. The standard InChI is InChI=1S/C16H22F3N3O/c1-15(2)8-5-9-20-13(15)10-21-14(23)22-12-7-4-3-6-11(12)16(17,18)19/h3-4,6-7,13,20H,5,8-10H2,1-2H3,(H2,21,22,23). The maximum absolute atomic E-state index is 12.9. The summed E-state index contributed by atoms with van der Waals surface area (Å²) >= 11 is 0. The summed E-state index contributed by atoms with van der Waals surface area (Å²) in [6.45, 7) is 5.48. The summed E-state index contributed by atoms with van der Waals surface area (Å²) in [5, 5.41) is 8.28. The third kappa shape index (κ3) is 4.60. The fourth-order valence-electron chi connectivity index (χ4n) is 2.82. The summed E-state index contributed by atoms with van der Waals surface area (Å²) in [5.41, 5.74) is -1.06. The van der Waals surface area contributed by atoms with Gasteiger partial charge in [-0.3, -0.25) is 0 Å². The first-order valence-corrected chi connectivity index (χ1v) is 7.64. The average molecular weight is 329 g/mol. The highest BCUT2D eigenvalue weighted by atomic mass is 19.4. The van der Waals surface area contributed by atoms with Crippen molar-refractivity contribution in [1.29, 1.82) is 0 Å². The minimum Gasteiger partial charge on any atom is -0.336 e. The van der Waals surface area contributed by atoms with E-state index in [-0.39, 0.29) is 17.1 Å². The van der Waals surface area contributed by atoms with Crippen LogP contribution in [0.3, 0.4) is 0 Å². The fraction of sp³-hybridized carbons (Fsp3) is 0.562. The molecule has 0 saturated carbocycles. The SMILES string of the molecule is CC1(C)CCCNC1CNC(=O)Nc1ccccc1C(F)(F)F. The van der Waals surface area contributed by atoms with E-state index in [1.54, 1.807) is 0 Å². The Labute approximate surface area is 133 Å². The molecule has 1 saturated heterocycles. The van der Waals surface area contributed by atoms with Crippen LogP contribution in [0.2, 0.25) is 0 Å². The lowest BCUT2D eigenvalue weighted by Crippen LogP contribution is -2.53. The van der Waals surface area contributed by atoms with Crippen molar-refractivity contribution in [1.82, 2.24) is 10.6 Å². The highest BCUT2D eigenvalue weighted by Crippen LogP contribution is 2.34. The largest absolute Gasteiger partial charge is 0.418 e. The number of halogens is 3. The molecule has 7 heteroatoms. The predicted molar refractivity (Wildman–Crippen MR) is 83.3 cm³/mol. The van der Waals surface area contributed by atoms with Crippen LogP contribution in [0.25, 0.3) is 0 Å². The number of rotatable bonds is 3. The van der Waals surface area contributed by atoms with Crippen LogP contribution in [0, 0.1) is 5.41 Å². The molecule has 128 valence electrons. The van der Waals surface area contributed by atoms with Gasteiger partial charge >= 0.3 is 12.2 Å². The highest BCUT2D eigenvalue weighted by molar-refractivity contribution is 5.90. The van der Waals surface area contributed by atoms with Crippen LogP contribution in [-0.4, -0.2) is 25.2 Å². The summed E-state index contributed by atoms with van der Waals surface area (Å²) in [4.78, 5) is 11.9. The minimum atomic E-state index is -4.50. The Bertz CT molecular complexity index is 558. The molecule has 1 fully saturated rings. The maximum atomic E-state index is 12.9. The number of para-hydroxylation sites is 1. The van der Waals surface area contributed by atoms with E-state index in [1.807, 2.05) is 0 Å². The van der Waals surface area contributed by atoms with Crippen molar-refractivity contribution in [2.45, 2.75) is 38.9 Å². The smallest absolute Gasteiger partial charge is 0.336 e. The molecule has 1 aromatic rings. The molecule has 1 unspecified atom stereocenters. The number of carbonyl (C=O) groups excluding carboxylic acids is 1. The molecule has 0 aliphatic carbocycles. The van der Waals surface area contributed by atoms with Gasteiger partial charge in [0.1, 0.15) is 0 Å². The first-order chi connectivity index (χ1) is 10.7. The van der Waals surface area contributed by atoms with E-state index in [4.69, 9.17) is 0 Å². The third-order valence-corrected chi connectivity index (χ3v) is 4.28. The quantitative estimate of drug-likeness (QED) is 0.793. The number of hydrogen-bond donors (Lipinski definition) is 3. The number of amides is 2. The molecule has 23 heavy (non-hydrogen) atoms. The van der Waals surface area contributed by atoms with Gasteiger partial charge in [0.15, 0.2) is 0 Å². The molecule has 1 aromatic carbocycles. The molecule has 2 rings (SSSR count). The molecule has 1 aliphatic rings. The Hall–Kier alpha value is -1.76. The van der Waals surface area contributed by atoms with E-state index < -0.39 is 17.8 Å². The third-order valence-electron chi connectivity index (χ3n) is 4.28. The first kappa shape index (κ1) is 17.6. The van der Waals surface area contributed by atoms with Gasteiger partial charge in [-0.05, 0) is 36.9 Å². The first-order valence-electron chi connectivity index (χ1n) is 7.64. The van der Waals surface area contributed by atoms with Gasteiger partial charge in [0.25, 0.3) is 0 Å². The predicted octanol–water partition coefficient (Wildman–Crippen LogP) is 3.61. The van der Waals surface area contributed by atoms with Gasteiger partial charge in [0.2, 0.25) is 0 Å². The number of benzene rings is 1. The number of piperidine rings is 1. The van der Waals surface area contributed by atoms with Crippen molar-refractivity contribution in [2.75, 3.05) is 18.4 Å². The Morgan fingerprint density at radius 1 is 1.35 bits per heavy atom. The Balaban J connectivity index is 1.96. The molecule has 0 bridgehead atoms. The second-order valence-electron chi connectivity index (χ2n) is 6.48. The Kier molecular flexibility index (Phi) is 5.19. The Morgan fingerprint density at radius 2 is 2.04 bits per heavy atom. The van der Waals surface area contributed by atoms with Gasteiger partial charge < -0.3 is 16.0 Å². The summed E-state index contributed by atoms with van der Waals surface area (Å²) in [7, 11) is 0. The zero-order valence-electron chi connectivity index (χ0n) is 13.3. The van der Waals surface area contributed by atoms with Crippen molar-refractivity contribution in [3.05, 3.63) is 29.8 Å². The van der Waals surface area contributed by atoms with E-state index >= 15 is 0 Å². The van der Waals surface area contributed by atoms with E-state index in [1.165, 1.54) is 18.2 Å². The second-order valence-corrected chi connectivity index (χ2v) is 6.48. The lowest BCUT2D eigenvalue weighted by molar-refractivity contribution is -0.136. The highest BCUT2D eigenvalue weighted by Gasteiger charge is 2.34. The van der Waals surface area contributed by atoms with Gasteiger partial charge in [-0.1, -0.05) is 26.0 Å². The van der Waals surface area contributed by atoms with E-state index in [0.29, 0.717) is 6.54 Å². The zero-order valence-corrected chi connectivity index (χ0v) is 13.3. The topological polar surface area (TPSA) is 53.2 Å². The van der Waals surface area contributed by atoms with Gasteiger partial charge in [-0.2, -0.15) is 13.2 Å². The molecular formula is C16H22F3N3O. The monoisotopic (exact) mass is 329 g/mol. The zero-order chi connectivity index (χ0) is 17.1. The van der Waals surface area contributed by atoms with Crippen LogP contribution in [0.1, 0.15) is 32.3 Å². The van der Waals surface area contributed by atoms with Crippen LogP contribution < -0.4 is 16.0 Å². The molecule has 4 nitrogen and oxygen atoms in total. The van der Waals surface area contributed by atoms with E-state index in [0.717, 1.165) is 25.5 Å².